The molecule has 2 aliphatic heterocycles. The number of aryl methyl sites for hydroxylation is 1. The lowest BCUT2D eigenvalue weighted by Crippen LogP contribution is -2.43. The van der Waals surface area contributed by atoms with E-state index in [4.69, 9.17) is 4.74 Å². The topological polar surface area (TPSA) is 91.0 Å². The number of anilines is 1. The van der Waals surface area contributed by atoms with Gasteiger partial charge in [-0.05, 0) is 44.4 Å². The van der Waals surface area contributed by atoms with Crippen LogP contribution in [0, 0.1) is 5.82 Å². The highest BCUT2D eigenvalue weighted by atomic mass is 19.4. The molecule has 13 heteroatoms. The molecule has 1 saturated heterocycles. The van der Waals surface area contributed by atoms with Crippen molar-refractivity contribution in [2.24, 2.45) is 0 Å². The summed E-state index contributed by atoms with van der Waals surface area (Å²) in [6.45, 7) is 3.14. The van der Waals surface area contributed by atoms with Gasteiger partial charge in [0.1, 0.15) is 29.0 Å². The SMILES string of the molecule is CC1CN(c2nc(-c3ccc(C(F)(F)F)cc3F)c3nc4n(c(=O)c3n2)CCC4)CC(c2cnn(C3CC3)c2)O1. The maximum Gasteiger partial charge on any atom is 0.416 e. The molecule has 5 heterocycles. The number of nitrogens with zero attached hydrogens (tertiary/aromatic N) is 7. The molecule has 1 aliphatic carbocycles. The molecule has 0 spiro atoms. The maximum atomic E-state index is 15.2. The van der Waals surface area contributed by atoms with Gasteiger partial charge < -0.3 is 9.64 Å². The van der Waals surface area contributed by atoms with Crippen LogP contribution in [-0.2, 0) is 23.9 Å². The van der Waals surface area contributed by atoms with Gasteiger partial charge in [0.15, 0.2) is 5.52 Å². The molecule has 1 aromatic carbocycles. The summed E-state index contributed by atoms with van der Waals surface area (Å²) in [7, 11) is 0. The molecule has 3 aliphatic rings. The van der Waals surface area contributed by atoms with Gasteiger partial charge in [0, 0.05) is 36.8 Å². The average Bonchev–Trinajstić information content (AvgIpc) is 3.44. The first kappa shape index (κ1) is 25.1. The summed E-state index contributed by atoms with van der Waals surface area (Å²) in [5.41, 5.74) is -0.712. The molecule has 40 heavy (non-hydrogen) atoms. The molecule has 1 saturated carbocycles. The Morgan fingerprint density at radius 2 is 1.90 bits per heavy atom. The van der Waals surface area contributed by atoms with Gasteiger partial charge in [-0.15, -0.1) is 0 Å². The smallest absolute Gasteiger partial charge is 0.367 e. The Morgan fingerprint density at radius 1 is 1.07 bits per heavy atom. The number of fused-ring (bicyclic) bond motifs is 2. The third kappa shape index (κ3) is 4.32. The first-order valence-electron chi connectivity index (χ1n) is 13.3. The summed E-state index contributed by atoms with van der Waals surface area (Å²) in [5.74, 6) is -0.423. The van der Waals surface area contributed by atoms with Gasteiger partial charge in [-0.3, -0.25) is 14.0 Å². The Hall–Kier alpha value is -3.87. The predicted octanol–water partition coefficient (Wildman–Crippen LogP) is 4.46. The minimum absolute atomic E-state index is 0.00203. The van der Waals surface area contributed by atoms with E-state index in [9.17, 15) is 18.0 Å². The molecule has 0 N–H and O–H groups in total. The number of aromatic nitrogens is 6. The van der Waals surface area contributed by atoms with Crippen molar-refractivity contribution < 1.29 is 22.3 Å². The van der Waals surface area contributed by atoms with Crippen molar-refractivity contribution in [1.82, 2.24) is 29.3 Å². The fourth-order valence-corrected chi connectivity index (χ4v) is 5.52. The summed E-state index contributed by atoms with van der Waals surface area (Å²) in [4.78, 5) is 29.1. The number of rotatable bonds is 4. The molecule has 9 nitrogen and oxygen atoms in total. The maximum absolute atomic E-state index is 15.2. The van der Waals surface area contributed by atoms with E-state index < -0.39 is 17.6 Å². The number of halogens is 4. The van der Waals surface area contributed by atoms with Gasteiger partial charge in [0.2, 0.25) is 5.95 Å². The van der Waals surface area contributed by atoms with E-state index >= 15 is 4.39 Å². The van der Waals surface area contributed by atoms with Gasteiger partial charge in [0.05, 0.1) is 30.5 Å². The second-order valence-electron chi connectivity index (χ2n) is 10.7. The summed E-state index contributed by atoms with van der Waals surface area (Å²) in [5, 5.41) is 4.46. The number of hydrogen-bond acceptors (Lipinski definition) is 7. The van der Waals surface area contributed by atoms with Crippen LogP contribution >= 0.6 is 0 Å². The molecular formula is C27H25F4N7O2. The van der Waals surface area contributed by atoms with E-state index in [0.29, 0.717) is 44.0 Å². The lowest BCUT2D eigenvalue weighted by Gasteiger charge is -2.36. The van der Waals surface area contributed by atoms with Crippen molar-refractivity contribution in [3.05, 3.63) is 63.7 Å². The minimum atomic E-state index is -4.71. The lowest BCUT2D eigenvalue weighted by molar-refractivity contribution is -0.137. The van der Waals surface area contributed by atoms with Crippen LogP contribution in [-0.4, -0.2) is 48.5 Å². The van der Waals surface area contributed by atoms with E-state index in [-0.39, 0.29) is 46.0 Å². The standard InChI is InChI=1S/C27H25F4N7O2/c1-14-11-36(13-20(40-14)15-10-32-38(12-15)17-5-6-17)26-34-22(18-7-4-16(9-19(18)28)27(29,30)31)23-24(35-26)25(39)37-8-2-3-21(37)33-23/h4,7,9-10,12,14,17,20H,2-3,5-6,8,11,13H2,1H3. The molecule has 0 radical (unpaired) electrons. The number of morpholine rings is 1. The first-order chi connectivity index (χ1) is 19.2. The molecule has 7 rings (SSSR count). The third-order valence-corrected chi connectivity index (χ3v) is 7.66. The minimum Gasteiger partial charge on any atom is -0.367 e. The van der Waals surface area contributed by atoms with Gasteiger partial charge in [-0.2, -0.15) is 18.3 Å². The Bertz CT molecular complexity index is 1690. The Kier molecular flexibility index (Phi) is 5.70. The molecule has 4 aromatic rings. The summed E-state index contributed by atoms with van der Waals surface area (Å²) in [6.07, 6.45) is 1.94. The van der Waals surface area contributed by atoms with Crippen LogP contribution < -0.4 is 10.5 Å². The molecule has 2 unspecified atom stereocenters. The van der Waals surface area contributed by atoms with E-state index in [0.717, 1.165) is 37.0 Å². The van der Waals surface area contributed by atoms with Crippen molar-refractivity contribution in [3.8, 4) is 11.3 Å². The summed E-state index contributed by atoms with van der Waals surface area (Å²) >= 11 is 0. The van der Waals surface area contributed by atoms with Gasteiger partial charge >= 0.3 is 6.18 Å². The highest BCUT2D eigenvalue weighted by Crippen LogP contribution is 2.37. The Morgan fingerprint density at radius 3 is 2.65 bits per heavy atom. The highest BCUT2D eigenvalue weighted by Gasteiger charge is 2.34. The summed E-state index contributed by atoms with van der Waals surface area (Å²) < 4.78 is 64.7. The highest BCUT2D eigenvalue weighted by molar-refractivity contribution is 5.89. The predicted molar refractivity (Wildman–Crippen MR) is 136 cm³/mol. The van der Waals surface area contributed by atoms with E-state index in [1.807, 2.05) is 22.7 Å². The fraction of sp³-hybridized carbons (Fsp3) is 0.444. The van der Waals surface area contributed by atoms with Crippen LogP contribution in [0.4, 0.5) is 23.5 Å². The molecule has 3 aromatic heterocycles. The van der Waals surface area contributed by atoms with Crippen molar-refractivity contribution in [2.45, 2.75) is 63.6 Å². The molecular weight excluding hydrogens is 530 g/mol. The van der Waals surface area contributed by atoms with Crippen LogP contribution in [0.5, 0.6) is 0 Å². The van der Waals surface area contributed by atoms with Crippen molar-refractivity contribution in [1.29, 1.82) is 0 Å². The number of hydrogen-bond donors (Lipinski definition) is 0. The average molecular weight is 556 g/mol. The summed E-state index contributed by atoms with van der Waals surface area (Å²) in [6, 6.07) is 2.69. The molecule has 208 valence electrons. The van der Waals surface area contributed by atoms with Gasteiger partial charge in [0.25, 0.3) is 5.56 Å². The third-order valence-electron chi connectivity index (χ3n) is 7.66. The number of alkyl halides is 3. The van der Waals surface area contributed by atoms with Crippen LogP contribution in [0.3, 0.4) is 0 Å². The van der Waals surface area contributed by atoms with Crippen LogP contribution in [0.15, 0.2) is 35.4 Å². The molecule has 2 atom stereocenters. The fourth-order valence-electron chi connectivity index (χ4n) is 5.52. The second-order valence-corrected chi connectivity index (χ2v) is 10.7. The number of ether oxygens (including phenoxy) is 1. The Labute approximate surface area is 225 Å². The zero-order chi connectivity index (χ0) is 27.8. The van der Waals surface area contributed by atoms with Crippen molar-refractivity contribution in [2.75, 3.05) is 18.0 Å². The number of benzene rings is 1. The Balaban J connectivity index is 1.35. The van der Waals surface area contributed by atoms with Crippen LogP contribution in [0.25, 0.3) is 22.3 Å². The van der Waals surface area contributed by atoms with E-state index in [1.54, 1.807) is 10.8 Å². The zero-order valence-corrected chi connectivity index (χ0v) is 21.5. The first-order valence-corrected chi connectivity index (χ1v) is 13.3. The molecule has 2 fully saturated rings. The quantitative estimate of drug-likeness (QED) is 0.344. The van der Waals surface area contributed by atoms with Crippen molar-refractivity contribution >= 4 is 17.0 Å². The molecule has 0 amide bonds. The normalized spacial score (nSPS) is 21.3. The molecule has 0 bridgehead atoms. The van der Waals surface area contributed by atoms with Crippen molar-refractivity contribution in [3.63, 3.8) is 0 Å². The second kappa shape index (κ2) is 9.08. The van der Waals surface area contributed by atoms with Gasteiger partial charge in [-0.1, -0.05) is 0 Å². The van der Waals surface area contributed by atoms with E-state index in [1.165, 1.54) is 0 Å². The largest absolute Gasteiger partial charge is 0.416 e. The lowest BCUT2D eigenvalue weighted by atomic mass is 10.1. The van der Waals surface area contributed by atoms with E-state index in [2.05, 4.69) is 20.1 Å². The van der Waals surface area contributed by atoms with Crippen LogP contribution in [0.1, 0.15) is 55.3 Å². The zero-order valence-electron chi connectivity index (χ0n) is 21.5. The van der Waals surface area contributed by atoms with Crippen LogP contribution in [0.2, 0.25) is 0 Å². The van der Waals surface area contributed by atoms with Gasteiger partial charge in [-0.25, -0.2) is 19.3 Å². The monoisotopic (exact) mass is 555 g/mol.